The van der Waals surface area contributed by atoms with Crippen molar-refractivity contribution >= 4 is 11.8 Å². The normalized spacial score (nSPS) is 10.2. The second kappa shape index (κ2) is 6.26. The summed E-state index contributed by atoms with van der Waals surface area (Å²) in [6.45, 7) is 0. The minimum absolute atomic E-state index is 0.0317. The van der Waals surface area contributed by atoms with Crippen LogP contribution >= 0.6 is 0 Å². The minimum atomic E-state index is 0.0317. The molecular formula is C18H15N5O. The molecule has 24 heavy (non-hydrogen) atoms. The number of rotatable bonds is 3. The Balaban J connectivity index is 2.18. The lowest BCUT2D eigenvalue weighted by atomic mass is 9.99. The van der Waals surface area contributed by atoms with Crippen LogP contribution < -0.4 is 16.2 Å². The quantitative estimate of drug-likeness (QED) is 0.768. The molecular weight excluding hydrogens is 302 g/mol. The average molecular weight is 317 g/mol. The number of aromatic nitrogens is 2. The number of benzene rings is 2. The zero-order valence-corrected chi connectivity index (χ0v) is 13.0. The number of hydrogen-bond acceptors (Lipinski definition) is 6. The lowest BCUT2D eigenvalue weighted by Gasteiger charge is -2.11. The van der Waals surface area contributed by atoms with Crippen LogP contribution in [0.5, 0.6) is 5.75 Å². The van der Waals surface area contributed by atoms with E-state index in [1.165, 1.54) is 0 Å². The van der Waals surface area contributed by atoms with Crippen LogP contribution in [0.3, 0.4) is 0 Å². The molecule has 0 aliphatic rings. The molecule has 6 nitrogen and oxygen atoms in total. The van der Waals surface area contributed by atoms with E-state index in [0.717, 1.165) is 22.4 Å². The Bertz CT molecular complexity index is 946. The average Bonchev–Trinajstić information content (AvgIpc) is 2.61. The van der Waals surface area contributed by atoms with Crippen molar-refractivity contribution in [1.82, 2.24) is 9.97 Å². The summed E-state index contributed by atoms with van der Waals surface area (Å²) in [5.41, 5.74) is 14.7. The van der Waals surface area contributed by atoms with E-state index in [0.29, 0.717) is 5.69 Å². The zero-order valence-electron chi connectivity index (χ0n) is 13.0. The molecule has 0 radical (unpaired) electrons. The number of nitrogens with zero attached hydrogens (tertiary/aromatic N) is 3. The molecule has 0 saturated heterocycles. The van der Waals surface area contributed by atoms with Gasteiger partial charge in [0, 0.05) is 11.1 Å². The molecule has 0 atom stereocenters. The van der Waals surface area contributed by atoms with Gasteiger partial charge in [0.15, 0.2) is 0 Å². The molecule has 3 aromatic rings. The predicted molar refractivity (Wildman–Crippen MR) is 93.0 cm³/mol. The minimum Gasteiger partial charge on any atom is -0.496 e. The molecule has 0 unspecified atom stereocenters. The van der Waals surface area contributed by atoms with Crippen LogP contribution in [-0.4, -0.2) is 17.1 Å². The Morgan fingerprint density at radius 2 is 1.75 bits per heavy atom. The lowest BCUT2D eigenvalue weighted by molar-refractivity contribution is 0.416. The molecule has 0 spiro atoms. The second-order valence-corrected chi connectivity index (χ2v) is 5.08. The number of hydrogen-bond donors (Lipinski definition) is 2. The molecule has 0 aliphatic heterocycles. The molecule has 3 rings (SSSR count). The summed E-state index contributed by atoms with van der Waals surface area (Å²) in [5, 5.41) is 9.35. The van der Waals surface area contributed by atoms with Gasteiger partial charge in [0.1, 0.15) is 23.2 Å². The van der Waals surface area contributed by atoms with Gasteiger partial charge in [0.05, 0.1) is 12.8 Å². The van der Waals surface area contributed by atoms with E-state index in [1.807, 2.05) is 54.6 Å². The van der Waals surface area contributed by atoms with Gasteiger partial charge < -0.3 is 16.2 Å². The molecule has 1 heterocycles. The van der Waals surface area contributed by atoms with Crippen LogP contribution in [0, 0.1) is 11.3 Å². The maximum absolute atomic E-state index is 9.35. The summed E-state index contributed by atoms with van der Waals surface area (Å²) in [5.74, 6) is 0.865. The summed E-state index contributed by atoms with van der Waals surface area (Å²) >= 11 is 0. The van der Waals surface area contributed by atoms with Crippen molar-refractivity contribution in [3.63, 3.8) is 0 Å². The maximum Gasteiger partial charge on any atom is 0.222 e. The highest BCUT2D eigenvalue weighted by atomic mass is 16.5. The van der Waals surface area contributed by atoms with Gasteiger partial charge in [-0.15, -0.1) is 0 Å². The molecule has 0 fully saturated rings. The number of nitriles is 1. The second-order valence-electron chi connectivity index (χ2n) is 5.08. The molecule has 0 saturated carbocycles. The first-order chi connectivity index (χ1) is 11.6. The number of ether oxygens (including phenoxy) is 1. The predicted octanol–water partition coefficient (Wildman–Crippen LogP) is 2.86. The molecule has 0 aliphatic carbocycles. The van der Waals surface area contributed by atoms with E-state index in [1.54, 1.807) is 7.11 Å². The van der Waals surface area contributed by atoms with Crippen LogP contribution in [0.25, 0.3) is 22.4 Å². The topological polar surface area (TPSA) is 111 Å². The highest BCUT2D eigenvalue weighted by Gasteiger charge is 2.14. The van der Waals surface area contributed by atoms with E-state index < -0.39 is 0 Å². The number of nitrogens with two attached hydrogens (primary N) is 2. The highest BCUT2D eigenvalue weighted by molar-refractivity contribution is 5.79. The Hall–Kier alpha value is -3.59. The first-order valence-electron chi connectivity index (χ1n) is 7.21. The SMILES string of the molecule is COc1ccccc1-c1cccc(-c2nc(N)nc(N)c2C#N)c1. The van der Waals surface area contributed by atoms with E-state index in [-0.39, 0.29) is 17.3 Å². The number of para-hydroxylation sites is 1. The van der Waals surface area contributed by atoms with E-state index >= 15 is 0 Å². The van der Waals surface area contributed by atoms with Crippen LogP contribution in [0.1, 0.15) is 5.56 Å². The highest BCUT2D eigenvalue weighted by Crippen LogP contribution is 2.33. The number of nitrogen functional groups attached to an aromatic ring is 2. The fourth-order valence-corrected chi connectivity index (χ4v) is 2.53. The summed E-state index contributed by atoms with van der Waals surface area (Å²) in [4.78, 5) is 8.03. The monoisotopic (exact) mass is 317 g/mol. The van der Waals surface area contributed by atoms with Crippen LogP contribution in [0.4, 0.5) is 11.8 Å². The first-order valence-corrected chi connectivity index (χ1v) is 7.21. The lowest BCUT2D eigenvalue weighted by Crippen LogP contribution is -2.05. The van der Waals surface area contributed by atoms with Crippen molar-refractivity contribution in [2.45, 2.75) is 0 Å². The molecule has 6 heteroatoms. The van der Waals surface area contributed by atoms with Gasteiger partial charge in [-0.1, -0.05) is 36.4 Å². The van der Waals surface area contributed by atoms with Crippen LogP contribution in [0.15, 0.2) is 48.5 Å². The van der Waals surface area contributed by atoms with E-state index in [9.17, 15) is 5.26 Å². The van der Waals surface area contributed by atoms with Gasteiger partial charge >= 0.3 is 0 Å². The van der Waals surface area contributed by atoms with Gasteiger partial charge in [-0.25, -0.2) is 4.98 Å². The fraction of sp³-hybridized carbons (Fsp3) is 0.0556. The van der Waals surface area contributed by atoms with Crippen LogP contribution in [0.2, 0.25) is 0 Å². The molecule has 1 aromatic heterocycles. The summed E-state index contributed by atoms with van der Waals surface area (Å²) in [6, 6.07) is 17.3. The van der Waals surface area contributed by atoms with Crippen molar-refractivity contribution in [2.24, 2.45) is 0 Å². The van der Waals surface area contributed by atoms with Crippen molar-refractivity contribution < 1.29 is 4.74 Å². The smallest absolute Gasteiger partial charge is 0.222 e. The van der Waals surface area contributed by atoms with E-state index in [2.05, 4.69) is 9.97 Å². The Labute approximate surface area is 139 Å². The number of anilines is 2. The summed E-state index contributed by atoms with van der Waals surface area (Å²) in [6.07, 6.45) is 0. The fourth-order valence-electron chi connectivity index (χ4n) is 2.53. The Kier molecular flexibility index (Phi) is 4.00. The molecule has 4 N–H and O–H groups in total. The number of methoxy groups -OCH3 is 1. The third-order valence-electron chi connectivity index (χ3n) is 3.62. The van der Waals surface area contributed by atoms with E-state index in [4.69, 9.17) is 16.2 Å². The van der Waals surface area contributed by atoms with Crippen molar-refractivity contribution in [3.8, 4) is 34.2 Å². The van der Waals surface area contributed by atoms with Crippen molar-refractivity contribution in [1.29, 1.82) is 5.26 Å². The first kappa shape index (κ1) is 15.3. The van der Waals surface area contributed by atoms with Crippen molar-refractivity contribution in [3.05, 3.63) is 54.1 Å². The summed E-state index contributed by atoms with van der Waals surface area (Å²) in [7, 11) is 1.63. The Morgan fingerprint density at radius 3 is 2.50 bits per heavy atom. The third kappa shape index (κ3) is 2.71. The molecule has 0 bridgehead atoms. The largest absolute Gasteiger partial charge is 0.496 e. The van der Waals surface area contributed by atoms with Crippen LogP contribution in [-0.2, 0) is 0 Å². The molecule has 0 amide bonds. The van der Waals surface area contributed by atoms with Crippen molar-refractivity contribution in [2.75, 3.05) is 18.6 Å². The van der Waals surface area contributed by atoms with Gasteiger partial charge in [-0.2, -0.15) is 10.2 Å². The standard InChI is InChI=1S/C18H15N5O/c1-24-15-8-3-2-7-13(15)11-5-4-6-12(9-11)16-14(10-19)17(20)23-18(21)22-16/h2-9H,1H3,(H4,20,21,22,23). The Morgan fingerprint density at radius 1 is 1.00 bits per heavy atom. The molecule has 2 aromatic carbocycles. The van der Waals surface area contributed by atoms with Gasteiger partial charge in [0.25, 0.3) is 0 Å². The van der Waals surface area contributed by atoms with Gasteiger partial charge in [-0.3, -0.25) is 0 Å². The summed E-state index contributed by atoms with van der Waals surface area (Å²) < 4.78 is 5.41. The van der Waals surface area contributed by atoms with Gasteiger partial charge in [-0.05, 0) is 17.7 Å². The zero-order chi connectivity index (χ0) is 17.1. The van der Waals surface area contributed by atoms with Gasteiger partial charge in [0.2, 0.25) is 5.95 Å². The third-order valence-corrected chi connectivity index (χ3v) is 3.62. The maximum atomic E-state index is 9.35. The molecule has 118 valence electrons.